The highest BCUT2D eigenvalue weighted by Gasteiger charge is 2.19. The predicted octanol–water partition coefficient (Wildman–Crippen LogP) is 2.15. The first kappa shape index (κ1) is 13.1. The quantitative estimate of drug-likeness (QED) is 0.739. The molecule has 2 amide bonds. The lowest BCUT2D eigenvalue weighted by Gasteiger charge is -2.08. The number of hydrogen-bond acceptors (Lipinski definition) is 3. The van der Waals surface area contributed by atoms with Gasteiger partial charge in [-0.15, -0.1) is 0 Å². The largest absolute Gasteiger partial charge is 0.399 e. The normalized spacial score (nSPS) is 12.7. The molecule has 0 saturated carbocycles. The van der Waals surface area contributed by atoms with Gasteiger partial charge >= 0.3 is 0 Å². The van der Waals surface area contributed by atoms with E-state index in [1.54, 1.807) is 18.2 Å². The number of hydrogen-bond donors (Lipinski definition) is 3. The maximum absolute atomic E-state index is 13.6. The van der Waals surface area contributed by atoms with E-state index in [4.69, 9.17) is 5.73 Å². The van der Waals surface area contributed by atoms with E-state index in [-0.39, 0.29) is 18.0 Å². The van der Waals surface area contributed by atoms with Crippen LogP contribution >= 0.6 is 0 Å². The van der Waals surface area contributed by atoms with Gasteiger partial charge in [-0.1, -0.05) is 0 Å². The fourth-order valence-corrected chi connectivity index (χ4v) is 2.20. The van der Waals surface area contributed by atoms with Crippen LogP contribution in [-0.2, 0) is 11.2 Å². The number of nitrogen functional groups attached to an aromatic ring is 1. The zero-order valence-corrected chi connectivity index (χ0v) is 10.9. The maximum atomic E-state index is 13.6. The summed E-state index contributed by atoms with van der Waals surface area (Å²) < 4.78 is 13.6. The lowest BCUT2D eigenvalue weighted by atomic mass is 10.1. The van der Waals surface area contributed by atoms with Crippen LogP contribution in [0, 0.1) is 5.82 Å². The summed E-state index contributed by atoms with van der Waals surface area (Å²) in [5, 5.41) is 5.15. The summed E-state index contributed by atoms with van der Waals surface area (Å²) in [5.74, 6) is -1.12. The second-order valence-electron chi connectivity index (χ2n) is 4.79. The number of fused-ring (bicyclic) bond motifs is 1. The molecule has 0 atom stereocenters. The van der Waals surface area contributed by atoms with Gasteiger partial charge in [0.15, 0.2) is 0 Å². The first-order chi connectivity index (χ1) is 10.0. The van der Waals surface area contributed by atoms with Crippen molar-refractivity contribution in [3.05, 3.63) is 53.3 Å². The summed E-state index contributed by atoms with van der Waals surface area (Å²) in [7, 11) is 0. The zero-order valence-electron chi connectivity index (χ0n) is 10.9. The van der Waals surface area contributed by atoms with E-state index in [9.17, 15) is 14.0 Å². The van der Waals surface area contributed by atoms with Gasteiger partial charge in [0.25, 0.3) is 5.91 Å². The molecule has 5 nitrogen and oxygen atoms in total. The van der Waals surface area contributed by atoms with Crippen LogP contribution in [0.2, 0.25) is 0 Å². The molecule has 0 fully saturated rings. The van der Waals surface area contributed by atoms with Crippen molar-refractivity contribution in [1.29, 1.82) is 0 Å². The van der Waals surface area contributed by atoms with Gasteiger partial charge in [0.1, 0.15) is 5.82 Å². The van der Waals surface area contributed by atoms with Crippen molar-refractivity contribution in [1.82, 2.24) is 0 Å². The number of nitrogens with one attached hydrogen (secondary N) is 2. The van der Waals surface area contributed by atoms with Crippen molar-refractivity contribution >= 4 is 28.9 Å². The second-order valence-corrected chi connectivity index (χ2v) is 4.79. The maximum Gasteiger partial charge on any atom is 0.255 e. The van der Waals surface area contributed by atoms with Gasteiger partial charge in [-0.3, -0.25) is 9.59 Å². The summed E-state index contributed by atoms with van der Waals surface area (Å²) in [6, 6.07) is 8.81. The van der Waals surface area contributed by atoms with Gasteiger partial charge in [-0.25, -0.2) is 4.39 Å². The average molecular weight is 285 g/mol. The molecule has 6 heteroatoms. The molecule has 0 spiro atoms. The van der Waals surface area contributed by atoms with Crippen molar-refractivity contribution in [2.75, 3.05) is 16.4 Å². The van der Waals surface area contributed by atoms with Gasteiger partial charge in [0.2, 0.25) is 5.91 Å². The van der Waals surface area contributed by atoms with Crippen LogP contribution in [0.5, 0.6) is 0 Å². The molecule has 0 bridgehead atoms. The molecule has 106 valence electrons. The van der Waals surface area contributed by atoms with Gasteiger partial charge in [0.05, 0.1) is 12.1 Å². The Morgan fingerprint density at radius 2 is 2.05 bits per heavy atom. The third-order valence-corrected chi connectivity index (χ3v) is 3.23. The molecule has 2 aromatic rings. The van der Waals surface area contributed by atoms with E-state index in [1.807, 2.05) is 0 Å². The highest BCUT2D eigenvalue weighted by molar-refractivity contribution is 6.06. The van der Waals surface area contributed by atoms with Gasteiger partial charge < -0.3 is 16.4 Å². The lowest BCUT2D eigenvalue weighted by molar-refractivity contribution is -0.115. The van der Waals surface area contributed by atoms with E-state index in [2.05, 4.69) is 10.6 Å². The Morgan fingerprint density at radius 3 is 2.86 bits per heavy atom. The molecule has 0 aromatic heterocycles. The van der Waals surface area contributed by atoms with Crippen molar-refractivity contribution < 1.29 is 14.0 Å². The van der Waals surface area contributed by atoms with Crippen molar-refractivity contribution in [3.8, 4) is 0 Å². The molecular formula is C15H12FN3O2. The van der Waals surface area contributed by atoms with Crippen LogP contribution < -0.4 is 16.4 Å². The number of benzene rings is 2. The number of nitrogens with two attached hydrogens (primary N) is 1. The number of rotatable bonds is 2. The van der Waals surface area contributed by atoms with Crippen molar-refractivity contribution in [3.63, 3.8) is 0 Å². The monoisotopic (exact) mass is 285 g/mol. The smallest absolute Gasteiger partial charge is 0.255 e. The third-order valence-electron chi connectivity index (χ3n) is 3.23. The Balaban J connectivity index is 1.85. The molecule has 0 unspecified atom stereocenters. The minimum absolute atomic E-state index is 0.0229. The number of amides is 2. The van der Waals surface area contributed by atoms with Crippen LogP contribution in [0.1, 0.15) is 15.9 Å². The predicted molar refractivity (Wildman–Crippen MR) is 77.5 cm³/mol. The fourth-order valence-electron chi connectivity index (χ4n) is 2.20. The van der Waals surface area contributed by atoms with Crippen LogP contribution in [0.15, 0.2) is 36.4 Å². The molecule has 1 aliphatic heterocycles. The van der Waals surface area contributed by atoms with E-state index >= 15 is 0 Å². The molecule has 1 heterocycles. The summed E-state index contributed by atoms with van der Waals surface area (Å²) >= 11 is 0. The molecule has 2 aromatic carbocycles. The summed E-state index contributed by atoms with van der Waals surface area (Å²) in [4.78, 5) is 23.4. The Bertz CT molecular complexity index is 759. The molecule has 1 aliphatic rings. The summed E-state index contributed by atoms with van der Waals surface area (Å²) in [6.45, 7) is 0. The van der Waals surface area contributed by atoms with Gasteiger partial charge in [-0.2, -0.15) is 0 Å². The highest BCUT2D eigenvalue weighted by atomic mass is 19.1. The van der Waals surface area contributed by atoms with Crippen LogP contribution in [0.4, 0.5) is 21.5 Å². The molecule has 3 rings (SSSR count). The third kappa shape index (κ3) is 2.55. The Morgan fingerprint density at radius 1 is 1.24 bits per heavy atom. The van der Waals surface area contributed by atoms with Crippen LogP contribution in [-0.4, -0.2) is 11.8 Å². The highest BCUT2D eigenvalue weighted by Crippen LogP contribution is 2.25. The molecule has 0 aliphatic carbocycles. The Kier molecular flexibility index (Phi) is 3.06. The van der Waals surface area contributed by atoms with Crippen molar-refractivity contribution in [2.24, 2.45) is 0 Å². The Labute approximate surface area is 120 Å². The average Bonchev–Trinajstić information content (AvgIpc) is 2.81. The Hall–Kier alpha value is -2.89. The number of carbonyl (C=O) groups is 2. The number of anilines is 3. The number of carbonyl (C=O) groups excluding carboxylic acids is 2. The van der Waals surface area contributed by atoms with E-state index < -0.39 is 11.7 Å². The minimum Gasteiger partial charge on any atom is -0.399 e. The van der Waals surface area contributed by atoms with Gasteiger partial charge in [-0.05, 0) is 42.0 Å². The first-order valence-electron chi connectivity index (χ1n) is 6.32. The SMILES string of the molecule is Nc1ccc(F)c(NC(=O)c2ccc3c(c2)CC(=O)N3)c1. The van der Waals surface area contributed by atoms with Gasteiger partial charge in [0, 0.05) is 16.9 Å². The first-order valence-corrected chi connectivity index (χ1v) is 6.32. The minimum atomic E-state index is -0.560. The van der Waals surface area contributed by atoms with Crippen LogP contribution in [0.3, 0.4) is 0 Å². The lowest BCUT2D eigenvalue weighted by Crippen LogP contribution is -2.13. The molecule has 4 N–H and O–H groups in total. The molecule has 0 radical (unpaired) electrons. The van der Waals surface area contributed by atoms with E-state index in [0.717, 1.165) is 5.56 Å². The molecular weight excluding hydrogens is 273 g/mol. The summed E-state index contributed by atoms with van der Waals surface area (Å²) in [6.07, 6.45) is 0.239. The van der Waals surface area contributed by atoms with Crippen molar-refractivity contribution in [2.45, 2.75) is 6.42 Å². The fraction of sp³-hybridized carbons (Fsp3) is 0.0667. The van der Waals surface area contributed by atoms with E-state index in [1.165, 1.54) is 18.2 Å². The van der Waals surface area contributed by atoms with E-state index in [0.29, 0.717) is 16.9 Å². The number of halogens is 1. The molecule has 21 heavy (non-hydrogen) atoms. The summed E-state index contributed by atoms with van der Waals surface area (Å²) in [5.41, 5.74) is 7.75. The second kappa shape index (κ2) is 4.90. The zero-order chi connectivity index (χ0) is 15.0. The molecule has 0 saturated heterocycles. The van der Waals surface area contributed by atoms with Crippen LogP contribution in [0.25, 0.3) is 0 Å². The standard InChI is InChI=1S/C15H12FN3O2/c16-11-3-2-10(17)7-13(11)19-15(21)8-1-4-12-9(5-8)6-14(20)18-12/h1-5,7H,6,17H2,(H,18,20)(H,19,21). The topological polar surface area (TPSA) is 84.2 Å².